The summed E-state index contributed by atoms with van der Waals surface area (Å²) in [4.78, 5) is -0.0824. The molecule has 0 saturated heterocycles. The van der Waals surface area contributed by atoms with E-state index < -0.39 is 11.7 Å². The maximum absolute atomic E-state index is 12.5. The molecule has 0 radical (unpaired) electrons. The van der Waals surface area contributed by atoms with E-state index in [4.69, 9.17) is 22.7 Å². The third-order valence-corrected chi connectivity index (χ3v) is 2.45. The summed E-state index contributed by atoms with van der Waals surface area (Å²) in [5.74, 6) is 0. The highest BCUT2D eigenvalue weighted by Gasteiger charge is 2.31. The van der Waals surface area contributed by atoms with E-state index in [0.717, 1.165) is 12.1 Å². The quantitative estimate of drug-likeness (QED) is 0.641. The highest BCUT2D eigenvalue weighted by atomic mass is 32.1. The Labute approximate surface area is 108 Å². The van der Waals surface area contributed by atoms with Crippen LogP contribution >= 0.6 is 12.2 Å². The van der Waals surface area contributed by atoms with Crippen molar-refractivity contribution < 1.29 is 17.9 Å². The van der Waals surface area contributed by atoms with Crippen LogP contribution in [0.25, 0.3) is 0 Å². The molecule has 0 heterocycles. The van der Waals surface area contributed by atoms with E-state index >= 15 is 0 Å². The third kappa shape index (κ3) is 3.85. The lowest BCUT2D eigenvalue weighted by Crippen LogP contribution is -2.17. The molecule has 7 heteroatoms. The van der Waals surface area contributed by atoms with Crippen molar-refractivity contribution in [3.05, 3.63) is 29.3 Å². The van der Waals surface area contributed by atoms with E-state index in [0.29, 0.717) is 18.8 Å². The molecule has 0 amide bonds. The van der Waals surface area contributed by atoms with Crippen LogP contribution in [0, 0.1) is 0 Å². The monoisotopic (exact) mass is 278 g/mol. The summed E-state index contributed by atoms with van der Waals surface area (Å²) in [7, 11) is 1.53. The minimum atomic E-state index is -4.41. The highest BCUT2D eigenvalue weighted by Crippen LogP contribution is 2.31. The number of ether oxygens (including phenoxy) is 1. The zero-order chi connectivity index (χ0) is 13.8. The number of halogens is 3. The number of benzene rings is 1. The molecule has 0 aromatic heterocycles. The third-order valence-electron chi connectivity index (χ3n) is 2.23. The first-order valence-electron chi connectivity index (χ1n) is 5.10. The van der Waals surface area contributed by atoms with E-state index in [1.54, 1.807) is 0 Å². The Morgan fingerprint density at radius 3 is 2.61 bits per heavy atom. The molecule has 0 aliphatic rings. The Kier molecular flexibility index (Phi) is 4.92. The number of hydrogen-bond acceptors (Lipinski definition) is 3. The number of rotatable bonds is 5. The van der Waals surface area contributed by atoms with E-state index in [2.05, 4.69) is 5.32 Å². The average Bonchev–Trinajstić information content (AvgIpc) is 2.28. The Bertz CT molecular complexity index is 435. The second kappa shape index (κ2) is 6.01. The van der Waals surface area contributed by atoms with Crippen molar-refractivity contribution in [3.63, 3.8) is 0 Å². The molecule has 18 heavy (non-hydrogen) atoms. The van der Waals surface area contributed by atoms with Gasteiger partial charge in [0.05, 0.1) is 12.2 Å². The molecule has 1 rings (SSSR count). The zero-order valence-corrected chi connectivity index (χ0v) is 10.5. The van der Waals surface area contributed by atoms with Gasteiger partial charge < -0.3 is 15.8 Å². The second-order valence-electron chi connectivity index (χ2n) is 3.54. The number of nitrogens with two attached hydrogens (primary N) is 1. The standard InChI is InChI=1S/C11H13F3N2OS/c1-17-5-4-16-9-3-2-7(11(12,13)14)6-8(9)10(15)18/h2-3,6,16H,4-5H2,1H3,(H2,15,18). The summed E-state index contributed by atoms with van der Waals surface area (Å²) in [5.41, 5.74) is 5.29. The SMILES string of the molecule is COCCNc1ccc(C(F)(F)F)cc1C(N)=S. The minimum absolute atomic E-state index is 0.0824. The van der Waals surface area contributed by atoms with Gasteiger partial charge in [-0.3, -0.25) is 0 Å². The van der Waals surface area contributed by atoms with Gasteiger partial charge in [0.15, 0.2) is 0 Å². The number of hydrogen-bond donors (Lipinski definition) is 2. The summed E-state index contributed by atoms with van der Waals surface area (Å²) in [6.07, 6.45) is -4.41. The number of alkyl halides is 3. The zero-order valence-electron chi connectivity index (χ0n) is 9.67. The van der Waals surface area contributed by atoms with Crippen LogP contribution in [0.2, 0.25) is 0 Å². The summed E-state index contributed by atoms with van der Waals surface area (Å²) in [6.45, 7) is 0.884. The topological polar surface area (TPSA) is 47.3 Å². The Morgan fingerprint density at radius 1 is 1.44 bits per heavy atom. The van der Waals surface area contributed by atoms with Gasteiger partial charge in [0.1, 0.15) is 4.99 Å². The normalized spacial score (nSPS) is 11.3. The molecule has 1 aromatic rings. The van der Waals surface area contributed by atoms with Crippen LogP contribution in [0.1, 0.15) is 11.1 Å². The Morgan fingerprint density at radius 2 is 2.11 bits per heavy atom. The van der Waals surface area contributed by atoms with E-state index in [1.807, 2.05) is 0 Å². The molecule has 0 bridgehead atoms. The Hall–Kier alpha value is -1.34. The van der Waals surface area contributed by atoms with Crippen LogP contribution in [0.4, 0.5) is 18.9 Å². The molecule has 3 N–H and O–H groups in total. The van der Waals surface area contributed by atoms with E-state index in [-0.39, 0.29) is 10.6 Å². The number of thiocarbonyl (C=S) groups is 1. The second-order valence-corrected chi connectivity index (χ2v) is 3.98. The lowest BCUT2D eigenvalue weighted by Gasteiger charge is -2.14. The number of nitrogens with one attached hydrogen (secondary N) is 1. The lowest BCUT2D eigenvalue weighted by atomic mass is 10.1. The summed E-state index contributed by atoms with van der Waals surface area (Å²) >= 11 is 4.75. The van der Waals surface area contributed by atoms with Gasteiger partial charge in [-0.15, -0.1) is 0 Å². The van der Waals surface area contributed by atoms with Crippen LogP contribution < -0.4 is 11.1 Å². The fourth-order valence-electron chi connectivity index (χ4n) is 1.37. The average molecular weight is 278 g/mol. The molecule has 0 aliphatic carbocycles. The smallest absolute Gasteiger partial charge is 0.389 e. The predicted octanol–water partition coefficient (Wildman–Crippen LogP) is 2.40. The van der Waals surface area contributed by atoms with E-state index in [1.165, 1.54) is 13.2 Å². The summed E-state index contributed by atoms with van der Waals surface area (Å²) < 4.78 is 42.5. The predicted molar refractivity (Wildman–Crippen MR) is 67.7 cm³/mol. The van der Waals surface area contributed by atoms with Gasteiger partial charge in [-0.05, 0) is 18.2 Å². The van der Waals surface area contributed by atoms with Crippen LogP contribution in [-0.4, -0.2) is 25.2 Å². The number of anilines is 1. The first-order chi connectivity index (χ1) is 8.36. The van der Waals surface area contributed by atoms with Crippen molar-refractivity contribution in [2.75, 3.05) is 25.6 Å². The fourth-order valence-corrected chi connectivity index (χ4v) is 1.54. The van der Waals surface area contributed by atoms with Gasteiger partial charge in [-0.2, -0.15) is 13.2 Å². The molecule has 0 unspecified atom stereocenters. The fraction of sp³-hybridized carbons (Fsp3) is 0.364. The molecule has 3 nitrogen and oxygen atoms in total. The first kappa shape index (κ1) is 14.7. The molecular formula is C11H13F3N2OS. The molecule has 0 aliphatic heterocycles. The summed E-state index contributed by atoms with van der Waals surface area (Å²) in [6, 6.07) is 3.24. The van der Waals surface area contributed by atoms with Gasteiger partial charge >= 0.3 is 6.18 Å². The molecule has 1 aromatic carbocycles. The van der Waals surface area contributed by atoms with Crippen LogP contribution in [-0.2, 0) is 10.9 Å². The van der Waals surface area contributed by atoms with E-state index in [9.17, 15) is 13.2 Å². The van der Waals surface area contributed by atoms with Crippen LogP contribution in [0.3, 0.4) is 0 Å². The molecule has 0 saturated carbocycles. The lowest BCUT2D eigenvalue weighted by molar-refractivity contribution is -0.137. The highest BCUT2D eigenvalue weighted by molar-refractivity contribution is 7.80. The van der Waals surface area contributed by atoms with Crippen molar-refractivity contribution in [2.24, 2.45) is 5.73 Å². The molecule has 100 valence electrons. The first-order valence-corrected chi connectivity index (χ1v) is 5.51. The van der Waals surface area contributed by atoms with Crippen molar-refractivity contribution in [1.29, 1.82) is 0 Å². The van der Waals surface area contributed by atoms with Crippen molar-refractivity contribution in [1.82, 2.24) is 0 Å². The van der Waals surface area contributed by atoms with Gasteiger partial charge in [-0.1, -0.05) is 12.2 Å². The van der Waals surface area contributed by atoms with Crippen molar-refractivity contribution >= 4 is 22.9 Å². The Balaban J connectivity index is 3.01. The van der Waals surface area contributed by atoms with Gasteiger partial charge in [0.25, 0.3) is 0 Å². The molecule has 0 atom stereocenters. The molecule has 0 fully saturated rings. The summed E-state index contributed by atoms with van der Waals surface area (Å²) in [5, 5.41) is 2.91. The van der Waals surface area contributed by atoms with Crippen LogP contribution in [0.15, 0.2) is 18.2 Å². The molecular weight excluding hydrogens is 265 g/mol. The number of methoxy groups -OCH3 is 1. The van der Waals surface area contributed by atoms with Gasteiger partial charge in [0, 0.05) is 24.9 Å². The largest absolute Gasteiger partial charge is 0.416 e. The maximum atomic E-state index is 12.5. The van der Waals surface area contributed by atoms with Crippen molar-refractivity contribution in [2.45, 2.75) is 6.18 Å². The van der Waals surface area contributed by atoms with Crippen LogP contribution in [0.5, 0.6) is 0 Å². The van der Waals surface area contributed by atoms with Crippen molar-refractivity contribution in [3.8, 4) is 0 Å². The minimum Gasteiger partial charge on any atom is -0.389 e. The molecule has 0 spiro atoms. The van der Waals surface area contributed by atoms with Gasteiger partial charge in [0.2, 0.25) is 0 Å². The van der Waals surface area contributed by atoms with Gasteiger partial charge in [-0.25, -0.2) is 0 Å². The maximum Gasteiger partial charge on any atom is 0.416 e.